The van der Waals surface area contributed by atoms with E-state index in [-0.39, 0.29) is 18.2 Å². The van der Waals surface area contributed by atoms with Crippen molar-refractivity contribution in [2.45, 2.75) is 6.92 Å². The van der Waals surface area contributed by atoms with Crippen LogP contribution in [0.15, 0.2) is 12.3 Å². The molecule has 0 aliphatic carbocycles. The third-order valence-corrected chi connectivity index (χ3v) is 0.953. The van der Waals surface area contributed by atoms with Crippen LogP contribution < -0.4 is 11.1 Å². The fraction of sp³-hybridized carbons (Fsp3) is 0.286. The van der Waals surface area contributed by atoms with Gasteiger partial charge in [-0.2, -0.15) is 0 Å². The van der Waals surface area contributed by atoms with E-state index in [1.807, 2.05) is 0 Å². The zero-order valence-corrected chi connectivity index (χ0v) is 7.22. The molecule has 0 atom stereocenters. The number of carbonyl (C=O) groups is 2. The molecule has 6 nitrogen and oxygen atoms in total. The van der Waals surface area contributed by atoms with E-state index in [0.29, 0.717) is 0 Å². The average molecular weight is 185 g/mol. The van der Waals surface area contributed by atoms with Gasteiger partial charge in [-0.3, -0.25) is 15.0 Å². The van der Waals surface area contributed by atoms with Crippen LogP contribution in [-0.4, -0.2) is 24.3 Å². The maximum atomic E-state index is 10.9. The van der Waals surface area contributed by atoms with Crippen LogP contribution in [0.25, 0.3) is 0 Å². The summed E-state index contributed by atoms with van der Waals surface area (Å²) in [5.41, 5.74) is 4.78. The maximum absolute atomic E-state index is 10.9. The molecule has 0 bridgehead atoms. The second kappa shape index (κ2) is 4.91. The molecule has 0 spiro atoms. The second-order valence-corrected chi connectivity index (χ2v) is 2.23. The Hall–Kier alpha value is -1.85. The van der Waals surface area contributed by atoms with Gasteiger partial charge in [-0.1, -0.05) is 6.58 Å². The first-order chi connectivity index (χ1) is 5.93. The van der Waals surface area contributed by atoms with E-state index >= 15 is 0 Å². The summed E-state index contributed by atoms with van der Waals surface area (Å²) in [5.74, 6) is -1.72. The van der Waals surface area contributed by atoms with Gasteiger partial charge in [0.1, 0.15) is 0 Å². The summed E-state index contributed by atoms with van der Waals surface area (Å²) >= 11 is 0. The van der Waals surface area contributed by atoms with E-state index < -0.39 is 11.8 Å². The highest BCUT2D eigenvalue weighted by atomic mass is 16.5. The summed E-state index contributed by atoms with van der Waals surface area (Å²) in [4.78, 5) is 21.2. The Labute approximate surface area is 75.3 Å². The Kier molecular flexibility index (Phi) is 4.21. The molecule has 2 amide bonds. The first-order valence-electron chi connectivity index (χ1n) is 3.42. The summed E-state index contributed by atoms with van der Waals surface area (Å²) in [6, 6.07) is 0. The predicted octanol–water partition coefficient (Wildman–Crippen LogP) is -0.885. The summed E-state index contributed by atoms with van der Waals surface area (Å²) in [7, 11) is 0. The highest BCUT2D eigenvalue weighted by Crippen LogP contribution is 1.93. The summed E-state index contributed by atoms with van der Waals surface area (Å²) in [6.45, 7) is 4.32. The molecule has 0 fully saturated rings. The van der Waals surface area contributed by atoms with Crippen LogP contribution in [0.4, 0.5) is 0 Å². The SMILES string of the molecule is C=C(OC(C)=N)C(=O)NCC(N)=O. The van der Waals surface area contributed by atoms with Crippen molar-refractivity contribution < 1.29 is 14.3 Å². The minimum absolute atomic E-state index is 0.153. The largest absolute Gasteiger partial charge is 0.439 e. The summed E-state index contributed by atoms with van der Waals surface area (Å²) in [5, 5.41) is 9.03. The second-order valence-electron chi connectivity index (χ2n) is 2.23. The first-order valence-corrected chi connectivity index (χ1v) is 3.42. The van der Waals surface area contributed by atoms with Gasteiger partial charge in [0.25, 0.3) is 5.91 Å². The molecule has 0 radical (unpaired) electrons. The number of nitrogens with one attached hydrogen (secondary N) is 2. The summed E-state index contributed by atoms with van der Waals surface area (Å²) in [6.07, 6.45) is 0. The van der Waals surface area contributed by atoms with Crippen molar-refractivity contribution in [3.05, 3.63) is 12.3 Å². The van der Waals surface area contributed by atoms with Gasteiger partial charge >= 0.3 is 0 Å². The molecule has 0 aromatic carbocycles. The smallest absolute Gasteiger partial charge is 0.286 e. The third kappa shape index (κ3) is 5.42. The van der Waals surface area contributed by atoms with Crippen molar-refractivity contribution in [3.63, 3.8) is 0 Å². The van der Waals surface area contributed by atoms with Gasteiger partial charge in [0.05, 0.1) is 6.54 Å². The lowest BCUT2D eigenvalue weighted by Crippen LogP contribution is -2.34. The minimum Gasteiger partial charge on any atom is -0.439 e. The standard InChI is InChI=1S/C7H11N3O3/c1-4(13-5(2)8)7(12)10-3-6(9)11/h8H,1,3H2,2H3,(H2,9,11)(H,10,12). The van der Waals surface area contributed by atoms with Gasteiger partial charge in [-0.15, -0.1) is 0 Å². The van der Waals surface area contributed by atoms with E-state index in [1.165, 1.54) is 6.92 Å². The highest BCUT2D eigenvalue weighted by Gasteiger charge is 2.09. The van der Waals surface area contributed by atoms with Crippen molar-refractivity contribution in [2.75, 3.05) is 6.54 Å². The molecule has 0 unspecified atom stereocenters. The number of ether oxygens (including phenoxy) is 1. The molecule has 0 aromatic rings. The van der Waals surface area contributed by atoms with Crippen LogP contribution in [0.2, 0.25) is 0 Å². The van der Waals surface area contributed by atoms with Crippen LogP contribution in [0, 0.1) is 5.41 Å². The molecule has 4 N–H and O–H groups in total. The first kappa shape index (κ1) is 11.2. The molecule has 6 heteroatoms. The van der Waals surface area contributed by atoms with Gasteiger partial charge in [-0.25, -0.2) is 0 Å². The molecule has 0 rings (SSSR count). The van der Waals surface area contributed by atoms with Gasteiger partial charge < -0.3 is 15.8 Å². The number of hydrogen-bond donors (Lipinski definition) is 3. The highest BCUT2D eigenvalue weighted by molar-refractivity contribution is 5.95. The van der Waals surface area contributed by atoms with Crippen LogP contribution in [-0.2, 0) is 14.3 Å². The van der Waals surface area contributed by atoms with Crippen molar-refractivity contribution >= 4 is 17.7 Å². The van der Waals surface area contributed by atoms with Crippen LogP contribution in [0.5, 0.6) is 0 Å². The van der Waals surface area contributed by atoms with Crippen LogP contribution in [0.3, 0.4) is 0 Å². The number of nitrogens with two attached hydrogens (primary N) is 1. The Morgan fingerprint density at radius 2 is 2.15 bits per heavy atom. The van der Waals surface area contributed by atoms with Gasteiger partial charge in [0.15, 0.2) is 11.7 Å². The molecule has 72 valence electrons. The number of carbonyl (C=O) groups excluding carboxylic acids is 2. The summed E-state index contributed by atoms with van der Waals surface area (Å²) < 4.78 is 4.57. The molecule has 13 heavy (non-hydrogen) atoms. The zero-order valence-electron chi connectivity index (χ0n) is 7.22. The van der Waals surface area contributed by atoms with Crippen molar-refractivity contribution in [1.82, 2.24) is 5.32 Å². The van der Waals surface area contributed by atoms with Crippen molar-refractivity contribution in [2.24, 2.45) is 5.73 Å². The van der Waals surface area contributed by atoms with E-state index in [2.05, 4.69) is 16.6 Å². The number of hydrogen-bond acceptors (Lipinski definition) is 4. The molecular formula is C7H11N3O3. The normalized spacial score (nSPS) is 8.69. The Morgan fingerprint density at radius 1 is 1.62 bits per heavy atom. The Balaban J connectivity index is 3.90. The fourth-order valence-electron chi connectivity index (χ4n) is 0.497. The topological polar surface area (TPSA) is 105 Å². The number of rotatable bonds is 4. The lowest BCUT2D eigenvalue weighted by Gasteiger charge is -2.05. The fourth-order valence-corrected chi connectivity index (χ4v) is 0.497. The van der Waals surface area contributed by atoms with Crippen LogP contribution >= 0.6 is 0 Å². The van der Waals surface area contributed by atoms with E-state index in [9.17, 15) is 9.59 Å². The zero-order chi connectivity index (χ0) is 10.4. The maximum Gasteiger partial charge on any atom is 0.286 e. The minimum atomic E-state index is -0.662. The molecule has 0 heterocycles. The molecule has 0 saturated heterocycles. The number of amides is 2. The van der Waals surface area contributed by atoms with E-state index in [1.54, 1.807) is 0 Å². The molecule has 0 saturated carbocycles. The molecule has 0 aromatic heterocycles. The van der Waals surface area contributed by atoms with Crippen molar-refractivity contribution in [1.29, 1.82) is 5.41 Å². The predicted molar refractivity (Wildman–Crippen MR) is 45.8 cm³/mol. The van der Waals surface area contributed by atoms with Gasteiger partial charge in [0, 0.05) is 6.92 Å². The molecule has 0 aliphatic rings. The Bertz CT molecular complexity index is 260. The van der Waals surface area contributed by atoms with E-state index in [0.717, 1.165) is 0 Å². The average Bonchev–Trinajstić information content (AvgIpc) is 1.98. The van der Waals surface area contributed by atoms with Crippen LogP contribution in [0.1, 0.15) is 6.92 Å². The third-order valence-electron chi connectivity index (χ3n) is 0.953. The Morgan fingerprint density at radius 3 is 2.54 bits per heavy atom. The molecular weight excluding hydrogens is 174 g/mol. The lowest BCUT2D eigenvalue weighted by atomic mass is 10.5. The van der Waals surface area contributed by atoms with E-state index in [4.69, 9.17) is 11.1 Å². The molecule has 0 aliphatic heterocycles. The number of primary amides is 1. The van der Waals surface area contributed by atoms with Crippen molar-refractivity contribution in [3.8, 4) is 0 Å². The monoisotopic (exact) mass is 185 g/mol. The quantitative estimate of drug-likeness (QED) is 0.229. The van der Waals surface area contributed by atoms with Gasteiger partial charge in [-0.05, 0) is 0 Å². The van der Waals surface area contributed by atoms with Gasteiger partial charge in [0.2, 0.25) is 5.91 Å². The lowest BCUT2D eigenvalue weighted by molar-refractivity contribution is -0.123.